The fraction of sp³-hybridized carbons (Fsp3) is 0.500. The lowest BCUT2D eigenvalue weighted by Crippen LogP contribution is -2.40. The van der Waals surface area contributed by atoms with E-state index in [9.17, 15) is 0 Å². The number of guanidine groups is 1. The van der Waals surface area contributed by atoms with E-state index in [1.807, 2.05) is 30.3 Å². The van der Waals surface area contributed by atoms with Crippen LogP contribution in [0, 0.1) is 0 Å². The summed E-state index contributed by atoms with van der Waals surface area (Å²) in [7, 11) is 0. The van der Waals surface area contributed by atoms with Crippen LogP contribution in [0.4, 0.5) is 0 Å². The summed E-state index contributed by atoms with van der Waals surface area (Å²) in [6.45, 7) is 8.40. The standard InChI is InChI=1S/C22H31ClN4O2.HI/c1-18(19-5-2-6-20(23)17-19)26-22(25-10-8-21-7-3-14-29-21)24-9-4-11-27-12-15-28-16-13-27;/h2-3,5-7,14,17-18H,4,8-13,15-16H2,1H3,(H2,24,25,26);1H. The van der Waals surface area contributed by atoms with Gasteiger partial charge in [-0.05, 0) is 43.2 Å². The molecule has 6 nitrogen and oxygen atoms in total. The lowest BCUT2D eigenvalue weighted by molar-refractivity contribution is 0.0377. The van der Waals surface area contributed by atoms with Crippen molar-refractivity contribution in [1.29, 1.82) is 0 Å². The van der Waals surface area contributed by atoms with E-state index in [1.165, 1.54) is 0 Å². The van der Waals surface area contributed by atoms with Crippen molar-refractivity contribution in [2.24, 2.45) is 4.99 Å². The minimum atomic E-state index is 0. The van der Waals surface area contributed by atoms with Crippen LogP contribution >= 0.6 is 35.6 Å². The van der Waals surface area contributed by atoms with Gasteiger partial charge in [-0.25, -0.2) is 0 Å². The predicted molar refractivity (Wildman–Crippen MR) is 133 cm³/mol. The molecular formula is C22H32ClIN4O2. The van der Waals surface area contributed by atoms with Crippen LogP contribution in [0.5, 0.6) is 0 Å². The van der Waals surface area contributed by atoms with Gasteiger partial charge in [-0.3, -0.25) is 9.89 Å². The van der Waals surface area contributed by atoms with Crippen molar-refractivity contribution < 1.29 is 9.15 Å². The van der Waals surface area contributed by atoms with Crippen LogP contribution in [0.15, 0.2) is 52.1 Å². The lowest BCUT2D eigenvalue weighted by Gasteiger charge is -2.26. The average molecular weight is 547 g/mol. The first-order valence-corrected chi connectivity index (χ1v) is 10.7. The molecule has 0 aliphatic carbocycles. The average Bonchev–Trinajstić information content (AvgIpc) is 3.25. The van der Waals surface area contributed by atoms with Crippen LogP contribution in [0.1, 0.15) is 30.7 Å². The number of aliphatic imine (C=N–C) groups is 1. The van der Waals surface area contributed by atoms with Gasteiger partial charge in [-0.1, -0.05) is 23.7 Å². The van der Waals surface area contributed by atoms with Gasteiger partial charge in [-0.15, -0.1) is 24.0 Å². The molecule has 0 spiro atoms. The van der Waals surface area contributed by atoms with Crippen LogP contribution in [-0.4, -0.2) is 56.8 Å². The number of benzene rings is 1. The number of morpholine rings is 1. The van der Waals surface area contributed by atoms with Gasteiger partial charge in [-0.2, -0.15) is 0 Å². The van der Waals surface area contributed by atoms with Gasteiger partial charge in [0.2, 0.25) is 0 Å². The first-order valence-electron chi connectivity index (χ1n) is 10.3. The van der Waals surface area contributed by atoms with Crippen molar-refractivity contribution in [1.82, 2.24) is 15.5 Å². The Morgan fingerprint density at radius 3 is 2.80 bits per heavy atom. The molecule has 166 valence electrons. The van der Waals surface area contributed by atoms with E-state index in [2.05, 4.69) is 28.5 Å². The topological polar surface area (TPSA) is 62.0 Å². The van der Waals surface area contributed by atoms with Gasteiger partial charge >= 0.3 is 0 Å². The first-order chi connectivity index (χ1) is 14.2. The monoisotopic (exact) mass is 546 g/mol. The fourth-order valence-electron chi connectivity index (χ4n) is 3.29. The summed E-state index contributed by atoms with van der Waals surface area (Å²) in [6, 6.07) is 11.9. The number of nitrogens with zero attached hydrogens (tertiary/aromatic N) is 2. The summed E-state index contributed by atoms with van der Waals surface area (Å²) >= 11 is 6.14. The molecule has 1 atom stereocenters. The molecule has 2 N–H and O–H groups in total. The summed E-state index contributed by atoms with van der Waals surface area (Å²) < 4.78 is 10.8. The number of rotatable bonds is 9. The summed E-state index contributed by atoms with van der Waals surface area (Å²) in [4.78, 5) is 7.22. The SMILES string of the molecule is CC(NC(=NCCCN1CCOCC1)NCCc1ccco1)c1cccc(Cl)c1.I. The van der Waals surface area contributed by atoms with E-state index >= 15 is 0 Å². The third-order valence-corrected chi connectivity index (χ3v) is 5.19. The zero-order valence-corrected chi connectivity index (χ0v) is 20.6. The Balaban J connectivity index is 0.00000320. The molecule has 0 radical (unpaired) electrons. The van der Waals surface area contributed by atoms with Gasteiger partial charge in [0.25, 0.3) is 0 Å². The molecule has 0 bridgehead atoms. The van der Waals surface area contributed by atoms with Gasteiger partial charge in [0.05, 0.1) is 25.5 Å². The van der Waals surface area contributed by atoms with Crippen LogP contribution in [0.2, 0.25) is 5.02 Å². The number of hydrogen-bond donors (Lipinski definition) is 2. The van der Waals surface area contributed by atoms with Gasteiger partial charge in [0.15, 0.2) is 5.96 Å². The van der Waals surface area contributed by atoms with Crippen LogP contribution in [-0.2, 0) is 11.2 Å². The summed E-state index contributed by atoms with van der Waals surface area (Å²) in [5.41, 5.74) is 1.13. The first kappa shape index (κ1) is 25.0. The number of hydrogen-bond acceptors (Lipinski definition) is 4. The fourth-order valence-corrected chi connectivity index (χ4v) is 3.48. The van der Waals surface area contributed by atoms with Gasteiger partial charge < -0.3 is 19.8 Å². The third-order valence-electron chi connectivity index (χ3n) is 4.95. The van der Waals surface area contributed by atoms with E-state index in [-0.39, 0.29) is 30.0 Å². The molecule has 2 heterocycles. The Hall–Kier alpha value is -1.29. The lowest BCUT2D eigenvalue weighted by atomic mass is 10.1. The maximum atomic E-state index is 6.14. The second-order valence-corrected chi connectivity index (χ2v) is 7.65. The molecule has 1 saturated heterocycles. The minimum Gasteiger partial charge on any atom is -0.469 e. The molecule has 2 aromatic rings. The zero-order valence-electron chi connectivity index (χ0n) is 17.5. The van der Waals surface area contributed by atoms with Crippen molar-refractivity contribution in [2.45, 2.75) is 25.8 Å². The quantitative estimate of drug-likeness (QED) is 0.215. The van der Waals surface area contributed by atoms with Gasteiger partial charge in [0, 0.05) is 44.2 Å². The number of ether oxygens (including phenoxy) is 1. The van der Waals surface area contributed by atoms with Crippen LogP contribution in [0.3, 0.4) is 0 Å². The summed E-state index contributed by atoms with van der Waals surface area (Å²) in [5, 5.41) is 7.66. The molecule has 1 aliphatic heterocycles. The minimum absolute atomic E-state index is 0. The number of halogens is 2. The second-order valence-electron chi connectivity index (χ2n) is 7.22. The largest absolute Gasteiger partial charge is 0.469 e. The Kier molecular flexibility index (Phi) is 11.6. The molecule has 3 rings (SSSR count). The van der Waals surface area contributed by atoms with E-state index in [4.69, 9.17) is 25.7 Å². The van der Waals surface area contributed by atoms with Crippen LogP contribution in [0.25, 0.3) is 0 Å². The number of nitrogens with one attached hydrogen (secondary N) is 2. The van der Waals surface area contributed by atoms with E-state index in [0.29, 0.717) is 0 Å². The van der Waals surface area contributed by atoms with E-state index in [1.54, 1.807) is 6.26 Å². The van der Waals surface area contributed by atoms with Crippen molar-refractivity contribution in [3.05, 3.63) is 59.0 Å². The maximum absolute atomic E-state index is 6.14. The van der Waals surface area contributed by atoms with Crippen molar-refractivity contribution in [2.75, 3.05) is 45.9 Å². The molecule has 1 aromatic carbocycles. The Bertz CT molecular complexity index is 751. The third kappa shape index (κ3) is 8.83. The van der Waals surface area contributed by atoms with Gasteiger partial charge in [0.1, 0.15) is 5.76 Å². The molecule has 30 heavy (non-hydrogen) atoms. The highest BCUT2D eigenvalue weighted by Crippen LogP contribution is 2.17. The smallest absolute Gasteiger partial charge is 0.191 e. The molecule has 1 fully saturated rings. The van der Waals surface area contributed by atoms with E-state index < -0.39 is 0 Å². The zero-order chi connectivity index (χ0) is 20.3. The molecule has 8 heteroatoms. The Labute approximate surface area is 201 Å². The summed E-state index contributed by atoms with van der Waals surface area (Å²) in [6.07, 6.45) is 3.54. The van der Waals surface area contributed by atoms with E-state index in [0.717, 1.165) is 81.1 Å². The highest BCUT2D eigenvalue weighted by molar-refractivity contribution is 14.0. The highest BCUT2D eigenvalue weighted by Gasteiger charge is 2.11. The normalized spacial score (nSPS) is 16.0. The maximum Gasteiger partial charge on any atom is 0.191 e. The van der Waals surface area contributed by atoms with Crippen LogP contribution < -0.4 is 10.6 Å². The molecule has 1 aliphatic rings. The Morgan fingerprint density at radius 2 is 2.07 bits per heavy atom. The highest BCUT2D eigenvalue weighted by atomic mass is 127. The predicted octanol–water partition coefficient (Wildman–Crippen LogP) is 4.11. The van der Waals surface area contributed by atoms with Crippen molar-refractivity contribution in [3.63, 3.8) is 0 Å². The van der Waals surface area contributed by atoms with Crippen molar-refractivity contribution >= 4 is 41.5 Å². The second kappa shape index (κ2) is 13.9. The Morgan fingerprint density at radius 1 is 1.23 bits per heavy atom. The molecule has 0 amide bonds. The summed E-state index contributed by atoms with van der Waals surface area (Å²) in [5.74, 6) is 1.78. The number of furan rings is 1. The molecule has 0 saturated carbocycles. The molecule has 1 aromatic heterocycles. The molecular weight excluding hydrogens is 515 g/mol. The van der Waals surface area contributed by atoms with Crippen molar-refractivity contribution in [3.8, 4) is 0 Å². The molecule has 1 unspecified atom stereocenters.